The van der Waals surface area contributed by atoms with Gasteiger partial charge >= 0.3 is 0 Å². The van der Waals surface area contributed by atoms with E-state index in [0.29, 0.717) is 24.6 Å². The van der Waals surface area contributed by atoms with Crippen molar-refractivity contribution in [3.63, 3.8) is 0 Å². The van der Waals surface area contributed by atoms with Crippen LogP contribution >= 0.6 is 0 Å². The van der Waals surface area contributed by atoms with Crippen LogP contribution < -0.4 is 19.1 Å². The molecule has 0 unspecified atom stereocenters. The Morgan fingerprint density at radius 3 is 2.14 bits per heavy atom. The molecule has 1 N–H and O–H groups in total. The number of hydrogen-bond acceptors (Lipinski definition) is 5. The molecule has 0 aliphatic heterocycles. The zero-order valence-electron chi connectivity index (χ0n) is 21.0. The quantitative estimate of drug-likeness (QED) is 0.341. The summed E-state index contributed by atoms with van der Waals surface area (Å²) in [7, 11) is -3.65. The Hall–Kier alpha value is -3.52. The van der Waals surface area contributed by atoms with Crippen molar-refractivity contribution >= 4 is 21.6 Å². The van der Waals surface area contributed by atoms with Crippen molar-refractivity contribution < 1.29 is 22.7 Å². The number of hydrogen-bond donors (Lipinski definition) is 1. The minimum Gasteiger partial charge on any atom is -0.491 e. The zero-order valence-corrected chi connectivity index (χ0v) is 21.8. The third kappa shape index (κ3) is 8.92. The van der Waals surface area contributed by atoms with Crippen LogP contribution in [0.4, 0.5) is 5.69 Å². The Morgan fingerprint density at radius 1 is 0.889 bits per heavy atom. The summed E-state index contributed by atoms with van der Waals surface area (Å²) in [5.74, 6) is 1.09. The van der Waals surface area contributed by atoms with Gasteiger partial charge in [0.1, 0.15) is 24.7 Å². The monoisotopic (exact) mass is 510 g/mol. The Kier molecular flexibility index (Phi) is 9.76. The van der Waals surface area contributed by atoms with Crippen LogP contribution in [0.2, 0.25) is 0 Å². The van der Waals surface area contributed by atoms with Crippen LogP contribution in [0.25, 0.3) is 0 Å². The summed E-state index contributed by atoms with van der Waals surface area (Å²) in [6, 6.07) is 24.3. The molecule has 0 aliphatic carbocycles. The Bertz CT molecular complexity index is 1190. The first-order chi connectivity index (χ1) is 17.2. The molecular weight excluding hydrogens is 476 g/mol. The van der Waals surface area contributed by atoms with Gasteiger partial charge in [0.05, 0.1) is 18.0 Å². The van der Waals surface area contributed by atoms with Gasteiger partial charge in [-0.1, -0.05) is 42.5 Å². The molecule has 0 heterocycles. The molecule has 0 atom stereocenters. The largest absolute Gasteiger partial charge is 0.491 e. The Labute approximate surface area is 214 Å². The number of sulfonamides is 1. The van der Waals surface area contributed by atoms with Crippen LogP contribution in [-0.2, 0) is 27.8 Å². The molecule has 1 amide bonds. The molecule has 0 aliphatic rings. The van der Waals surface area contributed by atoms with Crippen molar-refractivity contribution in [1.29, 1.82) is 0 Å². The van der Waals surface area contributed by atoms with E-state index in [1.165, 1.54) is 0 Å². The highest BCUT2D eigenvalue weighted by molar-refractivity contribution is 7.92. The van der Waals surface area contributed by atoms with Crippen LogP contribution in [0.1, 0.15) is 31.4 Å². The number of carbonyl (C=O) groups is 1. The van der Waals surface area contributed by atoms with Gasteiger partial charge < -0.3 is 14.8 Å². The number of carbonyl (C=O) groups excluding carboxylic acids is 1. The van der Waals surface area contributed by atoms with E-state index >= 15 is 0 Å². The molecule has 0 aromatic heterocycles. The molecule has 0 saturated heterocycles. The molecule has 0 radical (unpaired) electrons. The molecule has 0 saturated carbocycles. The summed E-state index contributed by atoms with van der Waals surface area (Å²) >= 11 is 0. The van der Waals surface area contributed by atoms with Gasteiger partial charge in [0.2, 0.25) is 15.9 Å². The van der Waals surface area contributed by atoms with Gasteiger partial charge in [-0.15, -0.1) is 0 Å². The number of rotatable bonds is 13. The summed E-state index contributed by atoms with van der Waals surface area (Å²) in [6.07, 6.45) is 2.75. The first-order valence-corrected chi connectivity index (χ1v) is 13.8. The van der Waals surface area contributed by atoms with Crippen molar-refractivity contribution in [3.8, 4) is 11.5 Å². The molecule has 3 rings (SSSR count). The number of ether oxygens (including phenoxy) is 2. The third-order valence-electron chi connectivity index (χ3n) is 5.32. The predicted molar refractivity (Wildman–Crippen MR) is 143 cm³/mol. The molecule has 0 fully saturated rings. The van der Waals surface area contributed by atoms with Gasteiger partial charge in [0.15, 0.2) is 0 Å². The van der Waals surface area contributed by atoms with E-state index in [1.807, 2.05) is 68.4 Å². The number of anilines is 1. The van der Waals surface area contributed by atoms with Crippen LogP contribution in [0.3, 0.4) is 0 Å². The lowest BCUT2D eigenvalue weighted by Crippen LogP contribution is -2.40. The predicted octanol–water partition coefficient (Wildman–Crippen LogP) is 4.57. The molecule has 3 aromatic carbocycles. The van der Waals surface area contributed by atoms with Crippen molar-refractivity contribution in [2.45, 2.75) is 39.4 Å². The average Bonchev–Trinajstić information content (AvgIpc) is 2.85. The van der Waals surface area contributed by atoms with E-state index in [0.717, 1.165) is 40.3 Å². The lowest BCUT2D eigenvalue weighted by atomic mass is 10.1. The van der Waals surface area contributed by atoms with E-state index in [2.05, 4.69) is 5.32 Å². The Balaban J connectivity index is 1.48. The van der Waals surface area contributed by atoms with Crippen molar-refractivity contribution in [3.05, 3.63) is 90.0 Å². The molecular formula is C28H34N2O5S. The number of aryl methyl sites for hydroxylation is 1. The standard InChI is InChI=1S/C28H34N2O5S/c1-22(2)35-27-15-11-23(12-16-27)10-7-19-29-28(31)20-30(36(3,32)33)25-13-17-26(18-14-25)34-21-24-8-5-4-6-9-24/h4-6,8-9,11-18,22H,7,10,19-21H2,1-3H3,(H,29,31). The first kappa shape index (κ1) is 27.1. The van der Waals surface area contributed by atoms with Gasteiger partial charge in [-0.25, -0.2) is 8.42 Å². The molecule has 0 spiro atoms. The second kappa shape index (κ2) is 13.0. The molecule has 8 heteroatoms. The van der Waals surface area contributed by atoms with E-state index in [9.17, 15) is 13.2 Å². The summed E-state index contributed by atoms with van der Waals surface area (Å²) < 4.78 is 37.3. The maximum absolute atomic E-state index is 12.5. The fraction of sp³-hybridized carbons (Fsp3) is 0.321. The van der Waals surface area contributed by atoms with Crippen LogP contribution in [0.15, 0.2) is 78.9 Å². The number of nitrogens with zero attached hydrogens (tertiary/aromatic N) is 1. The normalized spacial score (nSPS) is 11.2. The van der Waals surface area contributed by atoms with Crippen molar-refractivity contribution in [2.75, 3.05) is 23.7 Å². The summed E-state index contributed by atoms with van der Waals surface area (Å²) in [6.45, 7) is 4.54. The summed E-state index contributed by atoms with van der Waals surface area (Å²) in [5.41, 5.74) is 2.59. The minimum atomic E-state index is -3.65. The molecule has 192 valence electrons. The average molecular weight is 511 g/mol. The number of nitrogens with one attached hydrogen (secondary N) is 1. The summed E-state index contributed by atoms with van der Waals surface area (Å²) in [5, 5.41) is 2.82. The maximum atomic E-state index is 12.5. The molecule has 0 bridgehead atoms. The van der Waals surface area contributed by atoms with Gasteiger partial charge in [0, 0.05) is 6.54 Å². The second-order valence-corrected chi connectivity index (χ2v) is 10.7. The van der Waals surface area contributed by atoms with Gasteiger partial charge in [-0.2, -0.15) is 0 Å². The molecule has 36 heavy (non-hydrogen) atoms. The SMILES string of the molecule is CC(C)Oc1ccc(CCCNC(=O)CN(c2ccc(OCc3ccccc3)cc2)S(C)(=O)=O)cc1. The van der Waals surface area contributed by atoms with Crippen molar-refractivity contribution in [2.24, 2.45) is 0 Å². The first-order valence-electron chi connectivity index (χ1n) is 12.0. The topological polar surface area (TPSA) is 84.9 Å². The third-order valence-corrected chi connectivity index (χ3v) is 6.46. The smallest absolute Gasteiger partial charge is 0.240 e. The fourth-order valence-electron chi connectivity index (χ4n) is 3.56. The van der Waals surface area contributed by atoms with Crippen LogP contribution in [0, 0.1) is 0 Å². The highest BCUT2D eigenvalue weighted by Crippen LogP contribution is 2.22. The highest BCUT2D eigenvalue weighted by Gasteiger charge is 2.20. The lowest BCUT2D eigenvalue weighted by Gasteiger charge is -2.22. The minimum absolute atomic E-state index is 0.128. The van der Waals surface area contributed by atoms with Gasteiger partial charge in [-0.3, -0.25) is 9.10 Å². The fourth-order valence-corrected chi connectivity index (χ4v) is 4.42. The van der Waals surface area contributed by atoms with E-state index < -0.39 is 10.0 Å². The van der Waals surface area contributed by atoms with E-state index in [-0.39, 0.29) is 18.6 Å². The summed E-state index contributed by atoms with van der Waals surface area (Å²) in [4.78, 5) is 12.5. The van der Waals surface area contributed by atoms with Crippen LogP contribution in [-0.4, -0.2) is 39.8 Å². The van der Waals surface area contributed by atoms with Gasteiger partial charge in [-0.05, 0) is 74.2 Å². The van der Waals surface area contributed by atoms with Crippen LogP contribution in [0.5, 0.6) is 11.5 Å². The number of amides is 1. The van der Waals surface area contributed by atoms with Crippen molar-refractivity contribution in [1.82, 2.24) is 5.32 Å². The van der Waals surface area contributed by atoms with E-state index in [4.69, 9.17) is 9.47 Å². The highest BCUT2D eigenvalue weighted by atomic mass is 32.2. The zero-order chi connectivity index (χ0) is 26.0. The maximum Gasteiger partial charge on any atom is 0.240 e. The Morgan fingerprint density at radius 2 is 1.53 bits per heavy atom. The lowest BCUT2D eigenvalue weighted by molar-refractivity contribution is -0.119. The molecule has 7 nitrogen and oxygen atoms in total. The van der Waals surface area contributed by atoms with E-state index in [1.54, 1.807) is 24.3 Å². The second-order valence-electron chi connectivity index (χ2n) is 8.80. The number of benzene rings is 3. The molecule has 3 aromatic rings. The van der Waals surface area contributed by atoms with Gasteiger partial charge in [0.25, 0.3) is 0 Å².